The lowest BCUT2D eigenvalue weighted by Gasteiger charge is -2.28. The molecule has 1 N–H and O–H groups in total. The Labute approximate surface area is 164 Å². The summed E-state index contributed by atoms with van der Waals surface area (Å²) in [6.45, 7) is 1.02. The molecule has 0 fully saturated rings. The number of hydrogen-bond acceptors (Lipinski definition) is 8. The van der Waals surface area contributed by atoms with Gasteiger partial charge in [0.2, 0.25) is 0 Å². The SMILES string of the molecule is COc1ccc([N+](=O)[O-])cc1N(C(C)C(=O)O)S(=O)(=O)c1ccccc1[N+](=O)[O-]. The lowest BCUT2D eigenvalue weighted by Crippen LogP contribution is -2.43. The Kier molecular flexibility index (Phi) is 6.02. The number of sulfonamides is 1. The maximum absolute atomic E-state index is 13.3. The second-order valence-electron chi connectivity index (χ2n) is 5.65. The third kappa shape index (κ3) is 4.08. The molecule has 2 aromatic rings. The molecule has 154 valence electrons. The van der Waals surface area contributed by atoms with Crippen LogP contribution in [0.15, 0.2) is 47.4 Å². The molecular formula is C16H15N3O9S. The van der Waals surface area contributed by atoms with Crippen LogP contribution in [0.3, 0.4) is 0 Å². The number of carboxylic acid groups (broad SMARTS) is 1. The average Bonchev–Trinajstić information content (AvgIpc) is 2.67. The number of nitro groups is 2. The summed E-state index contributed by atoms with van der Waals surface area (Å²) < 4.78 is 32.0. The molecule has 0 spiro atoms. The van der Waals surface area contributed by atoms with Gasteiger partial charge in [-0.1, -0.05) is 12.1 Å². The third-order valence-electron chi connectivity index (χ3n) is 3.92. The molecule has 0 aliphatic carbocycles. The minimum Gasteiger partial charge on any atom is -0.495 e. The highest BCUT2D eigenvalue weighted by Crippen LogP contribution is 2.38. The van der Waals surface area contributed by atoms with E-state index in [0.717, 1.165) is 44.4 Å². The van der Waals surface area contributed by atoms with Crippen LogP contribution in [0.1, 0.15) is 6.92 Å². The highest BCUT2D eigenvalue weighted by molar-refractivity contribution is 7.93. The van der Waals surface area contributed by atoms with Gasteiger partial charge in [0.05, 0.1) is 17.0 Å². The first kappa shape index (κ1) is 21.6. The van der Waals surface area contributed by atoms with Crippen LogP contribution in [0, 0.1) is 20.2 Å². The van der Waals surface area contributed by atoms with Crippen molar-refractivity contribution in [1.82, 2.24) is 0 Å². The van der Waals surface area contributed by atoms with E-state index in [4.69, 9.17) is 4.74 Å². The predicted octanol–water partition coefficient (Wildman–Crippen LogP) is 2.18. The van der Waals surface area contributed by atoms with Gasteiger partial charge in [-0.05, 0) is 19.1 Å². The van der Waals surface area contributed by atoms with E-state index in [1.807, 2.05) is 0 Å². The monoisotopic (exact) mass is 425 g/mol. The fraction of sp³-hybridized carbons (Fsp3) is 0.188. The first-order valence-electron chi connectivity index (χ1n) is 7.85. The Balaban J connectivity index is 2.87. The van der Waals surface area contributed by atoms with E-state index < -0.39 is 53.8 Å². The molecule has 29 heavy (non-hydrogen) atoms. The van der Waals surface area contributed by atoms with E-state index in [2.05, 4.69) is 0 Å². The van der Waals surface area contributed by atoms with Crippen LogP contribution in [0.2, 0.25) is 0 Å². The molecule has 12 nitrogen and oxygen atoms in total. The second-order valence-corrected chi connectivity index (χ2v) is 7.44. The van der Waals surface area contributed by atoms with Gasteiger partial charge in [0.15, 0.2) is 4.90 Å². The maximum Gasteiger partial charge on any atom is 0.327 e. The van der Waals surface area contributed by atoms with Crippen LogP contribution in [-0.4, -0.2) is 42.5 Å². The molecule has 0 aromatic heterocycles. The Morgan fingerprint density at radius 2 is 1.76 bits per heavy atom. The minimum absolute atomic E-state index is 0.175. The number of carboxylic acids is 1. The van der Waals surface area contributed by atoms with Crippen LogP contribution in [0.5, 0.6) is 5.75 Å². The van der Waals surface area contributed by atoms with Gasteiger partial charge in [-0.2, -0.15) is 0 Å². The summed E-state index contributed by atoms with van der Waals surface area (Å²) in [5, 5.41) is 31.9. The molecule has 2 rings (SSSR count). The number of methoxy groups -OCH3 is 1. The van der Waals surface area contributed by atoms with E-state index in [0.29, 0.717) is 4.31 Å². The van der Waals surface area contributed by atoms with Crippen LogP contribution >= 0.6 is 0 Å². The zero-order valence-corrected chi connectivity index (χ0v) is 15.9. The molecule has 0 aliphatic heterocycles. The number of carbonyl (C=O) groups is 1. The maximum atomic E-state index is 13.3. The van der Waals surface area contributed by atoms with Crippen molar-refractivity contribution < 1.29 is 32.9 Å². The summed E-state index contributed by atoms with van der Waals surface area (Å²) in [6.07, 6.45) is 0. The first-order valence-corrected chi connectivity index (χ1v) is 9.29. The highest BCUT2D eigenvalue weighted by Gasteiger charge is 2.39. The number of aliphatic carboxylic acids is 1. The second kappa shape index (κ2) is 8.10. The van der Waals surface area contributed by atoms with E-state index in [-0.39, 0.29) is 5.75 Å². The molecule has 0 bridgehead atoms. The molecule has 1 unspecified atom stereocenters. The number of nitrogens with zero attached hydrogens (tertiary/aromatic N) is 3. The summed E-state index contributed by atoms with van der Waals surface area (Å²) >= 11 is 0. The van der Waals surface area contributed by atoms with Crippen molar-refractivity contribution in [1.29, 1.82) is 0 Å². The minimum atomic E-state index is -4.84. The summed E-state index contributed by atoms with van der Waals surface area (Å²) in [7, 11) is -3.68. The van der Waals surface area contributed by atoms with Gasteiger partial charge in [-0.15, -0.1) is 0 Å². The molecular weight excluding hydrogens is 410 g/mol. The fourth-order valence-corrected chi connectivity index (χ4v) is 4.32. The number of para-hydroxylation sites is 1. The Morgan fingerprint density at radius 3 is 2.28 bits per heavy atom. The molecule has 0 saturated heterocycles. The number of rotatable bonds is 8. The van der Waals surface area contributed by atoms with E-state index in [1.165, 1.54) is 12.1 Å². The van der Waals surface area contributed by atoms with Crippen molar-refractivity contribution >= 4 is 33.1 Å². The normalized spacial score (nSPS) is 12.1. The van der Waals surface area contributed by atoms with Crippen molar-refractivity contribution in [3.63, 3.8) is 0 Å². The Bertz CT molecular complexity index is 1080. The van der Waals surface area contributed by atoms with Gasteiger partial charge in [0, 0.05) is 18.2 Å². The van der Waals surface area contributed by atoms with Crippen molar-refractivity contribution in [3.8, 4) is 5.75 Å². The summed E-state index contributed by atoms with van der Waals surface area (Å²) in [4.78, 5) is 31.5. The zero-order valence-electron chi connectivity index (χ0n) is 15.1. The lowest BCUT2D eigenvalue weighted by molar-refractivity contribution is -0.387. The largest absolute Gasteiger partial charge is 0.495 e. The molecule has 0 amide bonds. The van der Waals surface area contributed by atoms with Gasteiger partial charge >= 0.3 is 5.97 Å². The van der Waals surface area contributed by atoms with Crippen molar-refractivity contribution in [2.45, 2.75) is 17.9 Å². The van der Waals surface area contributed by atoms with E-state index >= 15 is 0 Å². The number of hydrogen-bond donors (Lipinski definition) is 1. The number of nitro benzene ring substituents is 2. The third-order valence-corrected chi connectivity index (χ3v) is 5.85. The van der Waals surface area contributed by atoms with Crippen molar-refractivity contribution in [3.05, 3.63) is 62.7 Å². The van der Waals surface area contributed by atoms with E-state index in [9.17, 15) is 38.5 Å². The molecule has 1 atom stereocenters. The van der Waals surface area contributed by atoms with Crippen LogP contribution in [0.25, 0.3) is 0 Å². The summed E-state index contributed by atoms with van der Waals surface area (Å²) in [6, 6.07) is 5.57. The van der Waals surface area contributed by atoms with Gasteiger partial charge in [-0.25, -0.2) is 17.5 Å². The van der Waals surface area contributed by atoms with Gasteiger partial charge in [0.1, 0.15) is 17.5 Å². The fourth-order valence-electron chi connectivity index (χ4n) is 2.54. The molecule has 0 saturated carbocycles. The quantitative estimate of drug-likeness (QED) is 0.491. The molecule has 13 heteroatoms. The number of ether oxygens (including phenoxy) is 1. The Morgan fingerprint density at radius 1 is 1.14 bits per heavy atom. The van der Waals surface area contributed by atoms with E-state index in [1.54, 1.807) is 0 Å². The number of non-ortho nitro benzene ring substituents is 1. The molecule has 2 aromatic carbocycles. The molecule has 0 heterocycles. The van der Waals surface area contributed by atoms with Crippen molar-refractivity contribution in [2.24, 2.45) is 0 Å². The average molecular weight is 425 g/mol. The predicted molar refractivity (Wildman–Crippen MR) is 99.5 cm³/mol. The zero-order chi connectivity index (χ0) is 21.9. The van der Waals surface area contributed by atoms with Gasteiger partial charge < -0.3 is 9.84 Å². The first-order chi connectivity index (χ1) is 13.5. The van der Waals surface area contributed by atoms with Crippen LogP contribution in [0.4, 0.5) is 17.1 Å². The Hall–Kier alpha value is -3.74. The lowest BCUT2D eigenvalue weighted by atomic mass is 10.2. The number of benzene rings is 2. The van der Waals surface area contributed by atoms with Crippen molar-refractivity contribution in [2.75, 3.05) is 11.4 Å². The van der Waals surface area contributed by atoms with Gasteiger partial charge in [-0.3, -0.25) is 20.2 Å². The smallest absolute Gasteiger partial charge is 0.327 e. The van der Waals surface area contributed by atoms with Crippen LogP contribution < -0.4 is 9.04 Å². The summed E-state index contributed by atoms with van der Waals surface area (Å²) in [5.74, 6) is -1.76. The topological polar surface area (TPSA) is 170 Å². The summed E-state index contributed by atoms with van der Waals surface area (Å²) in [5.41, 5.74) is -1.75. The number of anilines is 1. The van der Waals surface area contributed by atoms with Gasteiger partial charge in [0.25, 0.3) is 21.4 Å². The standard InChI is InChI=1S/C16H15N3O9S/c1-10(16(20)21)17(13-9-11(18(22)23)7-8-14(13)28-2)29(26,27)15-6-4-3-5-12(15)19(24)25/h3-10H,1-2H3,(H,20,21). The molecule has 0 aliphatic rings. The van der Waals surface area contributed by atoms with Crippen LogP contribution in [-0.2, 0) is 14.8 Å². The molecule has 0 radical (unpaired) electrons. The highest BCUT2D eigenvalue weighted by atomic mass is 32.2.